The highest BCUT2D eigenvalue weighted by molar-refractivity contribution is 5.91. The second kappa shape index (κ2) is 8.54. The lowest BCUT2D eigenvalue weighted by molar-refractivity contribution is -0.129. The molecule has 1 fully saturated rings. The third-order valence-corrected chi connectivity index (χ3v) is 3.77. The average Bonchev–Trinajstić information content (AvgIpc) is 2.50. The Bertz CT molecular complexity index is 493. The standard InChI is InChI=1S/C17H24N2O3/c1-13-7-9-15(10-8-13)19-17(21)12-22-11-16(20)18-14-5-3-2-4-6-14/h7-10,14H,2-6,11-12H2,1H3,(H,18,20)(H,19,21). The molecule has 0 heterocycles. The van der Waals surface area contributed by atoms with E-state index >= 15 is 0 Å². The number of benzene rings is 1. The Labute approximate surface area is 131 Å². The number of anilines is 1. The van der Waals surface area contributed by atoms with Gasteiger partial charge in [-0.1, -0.05) is 37.0 Å². The molecule has 2 rings (SSSR count). The van der Waals surface area contributed by atoms with Gasteiger partial charge < -0.3 is 15.4 Å². The summed E-state index contributed by atoms with van der Waals surface area (Å²) in [4.78, 5) is 23.4. The van der Waals surface area contributed by atoms with Crippen LogP contribution in [-0.4, -0.2) is 31.1 Å². The van der Waals surface area contributed by atoms with Crippen molar-refractivity contribution < 1.29 is 14.3 Å². The normalized spacial score (nSPS) is 15.3. The lowest BCUT2D eigenvalue weighted by Gasteiger charge is -2.22. The van der Waals surface area contributed by atoms with Gasteiger partial charge in [0.15, 0.2) is 0 Å². The van der Waals surface area contributed by atoms with Crippen molar-refractivity contribution in [3.05, 3.63) is 29.8 Å². The predicted molar refractivity (Wildman–Crippen MR) is 85.6 cm³/mol. The van der Waals surface area contributed by atoms with Gasteiger partial charge in [-0.3, -0.25) is 9.59 Å². The van der Waals surface area contributed by atoms with Gasteiger partial charge >= 0.3 is 0 Å². The number of hydrogen-bond donors (Lipinski definition) is 2. The number of hydrogen-bond acceptors (Lipinski definition) is 3. The maximum absolute atomic E-state index is 11.7. The minimum atomic E-state index is -0.255. The second-order valence-electron chi connectivity index (χ2n) is 5.81. The van der Waals surface area contributed by atoms with E-state index in [9.17, 15) is 9.59 Å². The maximum Gasteiger partial charge on any atom is 0.250 e. The summed E-state index contributed by atoms with van der Waals surface area (Å²) in [5.41, 5.74) is 1.86. The summed E-state index contributed by atoms with van der Waals surface area (Å²) in [7, 11) is 0. The van der Waals surface area contributed by atoms with Crippen molar-refractivity contribution in [2.75, 3.05) is 18.5 Å². The van der Waals surface area contributed by atoms with Crippen LogP contribution in [0.3, 0.4) is 0 Å². The van der Waals surface area contributed by atoms with Gasteiger partial charge in [0.2, 0.25) is 11.8 Å². The highest BCUT2D eigenvalue weighted by atomic mass is 16.5. The molecule has 2 N–H and O–H groups in total. The van der Waals surface area contributed by atoms with E-state index in [2.05, 4.69) is 10.6 Å². The molecule has 1 aliphatic carbocycles. The van der Waals surface area contributed by atoms with Crippen LogP contribution in [0.5, 0.6) is 0 Å². The summed E-state index contributed by atoms with van der Waals surface area (Å²) in [6.07, 6.45) is 5.68. The number of ether oxygens (including phenoxy) is 1. The number of rotatable bonds is 6. The number of carbonyl (C=O) groups excluding carboxylic acids is 2. The van der Waals surface area contributed by atoms with Gasteiger partial charge in [-0.25, -0.2) is 0 Å². The molecule has 1 aliphatic rings. The van der Waals surface area contributed by atoms with Crippen molar-refractivity contribution in [2.24, 2.45) is 0 Å². The number of nitrogens with one attached hydrogen (secondary N) is 2. The first-order chi connectivity index (χ1) is 10.6. The van der Waals surface area contributed by atoms with E-state index < -0.39 is 0 Å². The third-order valence-electron chi connectivity index (χ3n) is 3.77. The van der Waals surface area contributed by atoms with Crippen molar-refractivity contribution in [3.8, 4) is 0 Å². The number of carbonyl (C=O) groups is 2. The first-order valence-corrected chi connectivity index (χ1v) is 7.87. The molecule has 0 bridgehead atoms. The summed E-state index contributed by atoms with van der Waals surface area (Å²) in [5, 5.41) is 5.68. The molecule has 1 aromatic rings. The monoisotopic (exact) mass is 304 g/mol. The molecule has 0 unspecified atom stereocenters. The predicted octanol–water partition coefficient (Wildman–Crippen LogP) is 2.40. The van der Waals surface area contributed by atoms with Crippen LogP contribution in [0.15, 0.2) is 24.3 Å². The highest BCUT2D eigenvalue weighted by Gasteiger charge is 2.15. The van der Waals surface area contributed by atoms with Gasteiger partial charge in [-0.05, 0) is 31.9 Å². The lowest BCUT2D eigenvalue weighted by atomic mass is 9.95. The van der Waals surface area contributed by atoms with E-state index in [0.717, 1.165) is 24.1 Å². The summed E-state index contributed by atoms with van der Waals surface area (Å²) >= 11 is 0. The minimum Gasteiger partial charge on any atom is -0.362 e. The molecule has 0 aliphatic heterocycles. The largest absolute Gasteiger partial charge is 0.362 e. The van der Waals surface area contributed by atoms with Gasteiger partial charge in [0, 0.05) is 11.7 Å². The SMILES string of the molecule is Cc1ccc(NC(=O)COCC(=O)NC2CCCCC2)cc1. The van der Waals surface area contributed by atoms with Crippen LogP contribution >= 0.6 is 0 Å². The zero-order valence-electron chi connectivity index (χ0n) is 13.1. The van der Waals surface area contributed by atoms with Crippen molar-refractivity contribution in [3.63, 3.8) is 0 Å². The molecule has 1 aromatic carbocycles. The fraction of sp³-hybridized carbons (Fsp3) is 0.529. The summed E-state index contributed by atoms with van der Waals surface area (Å²) < 4.78 is 5.17. The summed E-state index contributed by atoms with van der Waals surface area (Å²) in [5.74, 6) is -0.399. The van der Waals surface area contributed by atoms with Gasteiger partial charge in [0.05, 0.1) is 0 Å². The van der Waals surface area contributed by atoms with E-state index in [1.54, 1.807) is 0 Å². The van der Waals surface area contributed by atoms with Crippen LogP contribution in [0, 0.1) is 6.92 Å². The Morgan fingerprint density at radius 3 is 2.36 bits per heavy atom. The molecule has 0 atom stereocenters. The quantitative estimate of drug-likeness (QED) is 0.848. The Morgan fingerprint density at radius 2 is 1.68 bits per heavy atom. The second-order valence-corrected chi connectivity index (χ2v) is 5.81. The maximum atomic E-state index is 11.7. The molecule has 0 spiro atoms. The summed E-state index contributed by atoms with van der Waals surface area (Å²) in [6.45, 7) is 1.80. The molecule has 5 nitrogen and oxygen atoms in total. The molecule has 5 heteroatoms. The Balaban J connectivity index is 1.61. The number of aryl methyl sites for hydroxylation is 1. The van der Waals surface area contributed by atoms with Crippen LogP contribution in [0.2, 0.25) is 0 Å². The highest BCUT2D eigenvalue weighted by Crippen LogP contribution is 2.17. The molecule has 0 aromatic heterocycles. The van der Waals surface area contributed by atoms with Gasteiger partial charge in [0.1, 0.15) is 13.2 Å². The van der Waals surface area contributed by atoms with Crippen molar-refractivity contribution in [2.45, 2.75) is 45.1 Å². The van der Waals surface area contributed by atoms with Crippen LogP contribution in [0.1, 0.15) is 37.7 Å². The van der Waals surface area contributed by atoms with Crippen molar-refractivity contribution in [1.29, 1.82) is 0 Å². The van der Waals surface area contributed by atoms with E-state index in [-0.39, 0.29) is 31.1 Å². The van der Waals surface area contributed by atoms with E-state index in [1.165, 1.54) is 19.3 Å². The molecule has 1 saturated carbocycles. The molecule has 2 amide bonds. The first-order valence-electron chi connectivity index (χ1n) is 7.87. The van der Waals surface area contributed by atoms with E-state index in [4.69, 9.17) is 4.74 Å². The Morgan fingerprint density at radius 1 is 1.05 bits per heavy atom. The Kier molecular flexibility index (Phi) is 6.40. The fourth-order valence-corrected chi connectivity index (χ4v) is 2.59. The van der Waals surface area contributed by atoms with E-state index in [1.807, 2.05) is 31.2 Å². The average molecular weight is 304 g/mol. The van der Waals surface area contributed by atoms with Crippen molar-refractivity contribution in [1.82, 2.24) is 5.32 Å². The summed E-state index contributed by atoms with van der Waals surface area (Å²) in [6, 6.07) is 7.79. The number of amides is 2. The van der Waals surface area contributed by atoms with Gasteiger partial charge in [0.25, 0.3) is 0 Å². The topological polar surface area (TPSA) is 67.4 Å². The minimum absolute atomic E-state index is 0.0716. The molecule has 0 saturated heterocycles. The Hall–Kier alpha value is -1.88. The zero-order valence-corrected chi connectivity index (χ0v) is 13.1. The van der Waals surface area contributed by atoms with Crippen LogP contribution in [0.4, 0.5) is 5.69 Å². The molecule has 0 radical (unpaired) electrons. The van der Waals surface area contributed by atoms with Gasteiger partial charge in [-0.2, -0.15) is 0 Å². The molecule has 22 heavy (non-hydrogen) atoms. The zero-order chi connectivity index (χ0) is 15.8. The molecular weight excluding hydrogens is 280 g/mol. The molecule has 120 valence electrons. The van der Waals surface area contributed by atoms with E-state index in [0.29, 0.717) is 0 Å². The third kappa shape index (κ3) is 5.85. The van der Waals surface area contributed by atoms with Crippen molar-refractivity contribution >= 4 is 17.5 Å². The van der Waals surface area contributed by atoms with Gasteiger partial charge in [-0.15, -0.1) is 0 Å². The van der Waals surface area contributed by atoms with Crippen LogP contribution in [0.25, 0.3) is 0 Å². The molecular formula is C17H24N2O3. The fourth-order valence-electron chi connectivity index (χ4n) is 2.59. The van der Waals surface area contributed by atoms with Crippen LogP contribution in [-0.2, 0) is 14.3 Å². The van der Waals surface area contributed by atoms with Crippen LogP contribution < -0.4 is 10.6 Å². The smallest absolute Gasteiger partial charge is 0.250 e. The first kappa shape index (κ1) is 16.5. The lowest BCUT2D eigenvalue weighted by Crippen LogP contribution is -2.38.